The van der Waals surface area contributed by atoms with Gasteiger partial charge < -0.3 is 5.11 Å². The lowest BCUT2D eigenvalue weighted by Crippen LogP contribution is -2.08. The van der Waals surface area contributed by atoms with E-state index in [0.717, 1.165) is 5.56 Å². The van der Waals surface area contributed by atoms with Crippen molar-refractivity contribution < 1.29 is 18.3 Å². The van der Waals surface area contributed by atoms with Crippen LogP contribution in [0.4, 0.5) is 13.2 Å². The molecule has 0 aromatic heterocycles. The summed E-state index contributed by atoms with van der Waals surface area (Å²) in [4.78, 5) is 0. The van der Waals surface area contributed by atoms with Gasteiger partial charge in [-0.1, -0.05) is 23.7 Å². The molecule has 0 spiro atoms. The highest BCUT2D eigenvalue weighted by molar-refractivity contribution is 6.31. The van der Waals surface area contributed by atoms with Crippen molar-refractivity contribution in [2.24, 2.45) is 0 Å². The Bertz CT molecular complexity index is 377. The van der Waals surface area contributed by atoms with Gasteiger partial charge >= 0.3 is 6.18 Å². The van der Waals surface area contributed by atoms with Gasteiger partial charge in [0.25, 0.3) is 0 Å². The van der Waals surface area contributed by atoms with Crippen LogP contribution in [0.5, 0.6) is 0 Å². The molecule has 1 rings (SSSR count). The van der Waals surface area contributed by atoms with Crippen molar-refractivity contribution in [2.75, 3.05) is 0 Å². The highest BCUT2D eigenvalue weighted by atomic mass is 35.5. The molecule has 0 saturated carbocycles. The number of aliphatic hydroxyl groups excluding tert-OH is 1. The number of rotatable bonds is 4. The summed E-state index contributed by atoms with van der Waals surface area (Å²) in [6.07, 6.45) is -5.93. The van der Waals surface area contributed by atoms with Crippen LogP contribution in [0.1, 0.15) is 36.5 Å². The first-order valence-corrected chi connectivity index (χ1v) is 5.68. The molecule has 1 N–H and O–H groups in total. The first-order chi connectivity index (χ1) is 7.79. The van der Waals surface area contributed by atoms with E-state index in [1.165, 1.54) is 0 Å². The number of hydrogen-bond donors (Lipinski definition) is 1. The monoisotopic (exact) mass is 266 g/mol. The van der Waals surface area contributed by atoms with Crippen molar-refractivity contribution >= 4 is 11.6 Å². The molecule has 0 aliphatic rings. The van der Waals surface area contributed by atoms with Crippen molar-refractivity contribution in [3.8, 4) is 0 Å². The highest BCUT2D eigenvalue weighted by Crippen LogP contribution is 2.28. The molecule has 1 unspecified atom stereocenters. The van der Waals surface area contributed by atoms with Crippen LogP contribution >= 0.6 is 11.6 Å². The van der Waals surface area contributed by atoms with Gasteiger partial charge in [0, 0.05) is 11.4 Å². The maximum Gasteiger partial charge on any atom is 0.389 e. The van der Waals surface area contributed by atoms with Crippen LogP contribution in [-0.4, -0.2) is 11.3 Å². The van der Waals surface area contributed by atoms with E-state index in [-0.39, 0.29) is 12.8 Å². The second-order valence-electron chi connectivity index (χ2n) is 4.03. The Morgan fingerprint density at radius 1 is 1.35 bits per heavy atom. The molecule has 0 amide bonds. The van der Waals surface area contributed by atoms with Crippen LogP contribution in [0.25, 0.3) is 0 Å². The van der Waals surface area contributed by atoms with Crippen LogP contribution in [0.3, 0.4) is 0 Å². The molecule has 5 heteroatoms. The number of benzene rings is 1. The molecule has 1 atom stereocenters. The molecular weight excluding hydrogens is 253 g/mol. The summed E-state index contributed by atoms with van der Waals surface area (Å²) in [5.41, 5.74) is 1.43. The Morgan fingerprint density at radius 2 is 2.00 bits per heavy atom. The van der Waals surface area contributed by atoms with Crippen LogP contribution in [0.2, 0.25) is 5.02 Å². The van der Waals surface area contributed by atoms with Gasteiger partial charge in [-0.15, -0.1) is 0 Å². The maximum atomic E-state index is 11.9. The van der Waals surface area contributed by atoms with E-state index in [1.807, 2.05) is 6.92 Å². The molecule has 0 aliphatic heterocycles. The Labute approximate surface area is 103 Å². The number of aryl methyl sites for hydroxylation is 1. The van der Waals surface area contributed by atoms with E-state index < -0.39 is 18.7 Å². The summed E-state index contributed by atoms with van der Waals surface area (Å²) in [6, 6.07) is 5.01. The van der Waals surface area contributed by atoms with E-state index in [0.29, 0.717) is 10.6 Å². The Hall–Kier alpha value is -0.740. The third-order valence-corrected chi connectivity index (χ3v) is 2.93. The molecule has 0 heterocycles. The van der Waals surface area contributed by atoms with Gasteiger partial charge in [-0.25, -0.2) is 0 Å². The fourth-order valence-corrected chi connectivity index (χ4v) is 1.67. The van der Waals surface area contributed by atoms with Gasteiger partial charge in [0.2, 0.25) is 0 Å². The molecule has 1 nitrogen and oxygen atoms in total. The van der Waals surface area contributed by atoms with Gasteiger partial charge in [-0.05, 0) is 37.0 Å². The van der Waals surface area contributed by atoms with Crippen molar-refractivity contribution in [2.45, 2.75) is 38.5 Å². The van der Waals surface area contributed by atoms with E-state index in [4.69, 9.17) is 11.6 Å². The first kappa shape index (κ1) is 14.3. The number of alkyl halides is 3. The Balaban J connectivity index is 2.52. The number of halogens is 4. The molecule has 0 fully saturated rings. The van der Waals surface area contributed by atoms with E-state index in [9.17, 15) is 18.3 Å². The fourth-order valence-electron chi connectivity index (χ4n) is 1.48. The predicted octanol–water partition coefficient (Wildman–Crippen LogP) is 4.41. The molecule has 0 bridgehead atoms. The lowest BCUT2D eigenvalue weighted by Gasteiger charge is -2.13. The predicted molar refractivity (Wildman–Crippen MR) is 61.1 cm³/mol. The van der Waals surface area contributed by atoms with Crippen LogP contribution in [0, 0.1) is 6.92 Å². The Kier molecular flexibility index (Phi) is 4.83. The molecule has 0 aliphatic carbocycles. The largest absolute Gasteiger partial charge is 0.389 e. The summed E-state index contributed by atoms with van der Waals surface area (Å²) >= 11 is 5.87. The summed E-state index contributed by atoms with van der Waals surface area (Å²) in [6.45, 7) is 1.82. The molecule has 0 saturated heterocycles. The fraction of sp³-hybridized carbons (Fsp3) is 0.500. The van der Waals surface area contributed by atoms with Crippen LogP contribution < -0.4 is 0 Å². The summed E-state index contributed by atoms with van der Waals surface area (Å²) in [5.74, 6) is 0. The summed E-state index contributed by atoms with van der Waals surface area (Å²) in [7, 11) is 0. The zero-order chi connectivity index (χ0) is 13.1. The lowest BCUT2D eigenvalue weighted by atomic mass is 10.0. The van der Waals surface area contributed by atoms with Crippen molar-refractivity contribution in [1.82, 2.24) is 0 Å². The summed E-state index contributed by atoms with van der Waals surface area (Å²) in [5, 5.41) is 10.2. The van der Waals surface area contributed by atoms with E-state index in [1.54, 1.807) is 18.2 Å². The smallest absolute Gasteiger partial charge is 0.388 e. The average molecular weight is 267 g/mol. The number of aliphatic hydroxyl groups is 1. The molecule has 1 aromatic carbocycles. The summed E-state index contributed by atoms with van der Waals surface area (Å²) < 4.78 is 35.8. The van der Waals surface area contributed by atoms with E-state index >= 15 is 0 Å². The third kappa shape index (κ3) is 4.96. The maximum absolute atomic E-state index is 11.9. The zero-order valence-corrected chi connectivity index (χ0v) is 10.1. The van der Waals surface area contributed by atoms with Gasteiger partial charge in [-0.2, -0.15) is 13.2 Å². The average Bonchev–Trinajstić information content (AvgIpc) is 2.20. The van der Waals surface area contributed by atoms with Gasteiger partial charge in [0.1, 0.15) is 0 Å². The second kappa shape index (κ2) is 5.74. The molecule has 1 aromatic rings. The number of hydrogen-bond acceptors (Lipinski definition) is 1. The topological polar surface area (TPSA) is 20.2 Å². The normalized spacial score (nSPS) is 13.8. The molecule has 17 heavy (non-hydrogen) atoms. The second-order valence-corrected chi connectivity index (χ2v) is 4.44. The Morgan fingerprint density at radius 3 is 2.53 bits per heavy atom. The quantitative estimate of drug-likeness (QED) is 0.856. The van der Waals surface area contributed by atoms with Crippen molar-refractivity contribution in [3.63, 3.8) is 0 Å². The van der Waals surface area contributed by atoms with Gasteiger partial charge in [0.15, 0.2) is 0 Å². The van der Waals surface area contributed by atoms with Crippen LogP contribution in [0.15, 0.2) is 18.2 Å². The standard InChI is InChI=1S/C12H14ClF3O/c1-8-4-5-9(7-10(8)13)11(17)3-2-6-12(14,15)16/h4-5,7,11,17H,2-3,6H2,1H3. The molecule has 0 radical (unpaired) electrons. The van der Waals surface area contributed by atoms with Gasteiger partial charge in [0.05, 0.1) is 6.10 Å². The van der Waals surface area contributed by atoms with Crippen molar-refractivity contribution in [3.05, 3.63) is 34.3 Å². The minimum atomic E-state index is -4.16. The zero-order valence-electron chi connectivity index (χ0n) is 9.39. The minimum Gasteiger partial charge on any atom is -0.388 e. The SMILES string of the molecule is Cc1ccc(C(O)CCCC(F)(F)F)cc1Cl. The van der Waals surface area contributed by atoms with E-state index in [2.05, 4.69) is 0 Å². The van der Waals surface area contributed by atoms with Crippen molar-refractivity contribution in [1.29, 1.82) is 0 Å². The molecule has 96 valence electrons. The van der Waals surface area contributed by atoms with Crippen LogP contribution in [-0.2, 0) is 0 Å². The lowest BCUT2D eigenvalue weighted by molar-refractivity contribution is -0.136. The third-order valence-electron chi connectivity index (χ3n) is 2.52. The minimum absolute atomic E-state index is 0.0822. The highest BCUT2D eigenvalue weighted by Gasteiger charge is 2.26. The molecular formula is C12H14ClF3O. The van der Waals surface area contributed by atoms with Gasteiger partial charge in [-0.3, -0.25) is 0 Å². The first-order valence-electron chi connectivity index (χ1n) is 5.30.